The summed E-state index contributed by atoms with van der Waals surface area (Å²) in [5, 5.41) is 1.05. The van der Waals surface area contributed by atoms with Crippen LogP contribution in [0.1, 0.15) is 24.8 Å². The Balaban J connectivity index is 2.45. The standard InChI is InChI=1S/C12H16BrFO/c1-15-12-7-6-10(9-11(12)14)5-3-2-4-8-13/h6-7,9H,2-5,8H2,1H3. The zero-order chi connectivity index (χ0) is 11.1. The lowest BCUT2D eigenvalue weighted by Crippen LogP contribution is -1.91. The smallest absolute Gasteiger partial charge is 0.165 e. The predicted molar refractivity (Wildman–Crippen MR) is 64.3 cm³/mol. The second-order valence-electron chi connectivity index (χ2n) is 3.47. The highest BCUT2D eigenvalue weighted by Gasteiger charge is 2.02. The first-order valence-corrected chi connectivity index (χ1v) is 6.28. The summed E-state index contributed by atoms with van der Waals surface area (Å²) in [5.74, 6) is 0.0506. The van der Waals surface area contributed by atoms with Crippen molar-refractivity contribution in [2.45, 2.75) is 25.7 Å². The normalized spacial score (nSPS) is 10.3. The van der Waals surface area contributed by atoms with Crippen molar-refractivity contribution in [2.75, 3.05) is 12.4 Å². The fraction of sp³-hybridized carbons (Fsp3) is 0.500. The van der Waals surface area contributed by atoms with Gasteiger partial charge in [-0.1, -0.05) is 28.4 Å². The van der Waals surface area contributed by atoms with E-state index in [1.54, 1.807) is 12.1 Å². The molecule has 0 aliphatic carbocycles. The molecule has 1 rings (SSSR count). The molecule has 0 aliphatic heterocycles. The van der Waals surface area contributed by atoms with E-state index in [4.69, 9.17) is 4.74 Å². The highest BCUT2D eigenvalue weighted by Crippen LogP contribution is 2.18. The van der Waals surface area contributed by atoms with Crippen LogP contribution in [0.25, 0.3) is 0 Å². The van der Waals surface area contributed by atoms with Gasteiger partial charge in [-0.15, -0.1) is 0 Å². The first kappa shape index (κ1) is 12.5. The minimum Gasteiger partial charge on any atom is -0.494 e. The van der Waals surface area contributed by atoms with Crippen LogP contribution in [0.4, 0.5) is 4.39 Å². The number of unbranched alkanes of at least 4 members (excludes halogenated alkanes) is 2. The molecule has 0 spiro atoms. The van der Waals surface area contributed by atoms with Crippen molar-refractivity contribution in [1.29, 1.82) is 0 Å². The first-order chi connectivity index (χ1) is 7.27. The maximum absolute atomic E-state index is 13.3. The van der Waals surface area contributed by atoms with Crippen LogP contribution in [-0.4, -0.2) is 12.4 Å². The van der Waals surface area contributed by atoms with Crippen LogP contribution in [0.2, 0.25) is 0 Å². The number of benzene rings is 1. The van der Waals surface area contributed by atoms with Crippen LogP contribution in [0.15, 0.2) is 18.2 Å². The van der Waals surface area contributed by atoms with Gasteiger partial charge < -0.3 is 4.74 Å². The van der Waals surface area contributed by atoms with Crippen molar-refractivity contribution in [1.82, 2.24) is 0 Å². The van der Waals surface area contributed by atoms with Gasteiger partial charge in [0.2, 0.25) is 0 Å². The number of halogens is 2. The molecule has 0 fully saturated rings. The summed E-state index contributed by atoms with van der Waals surface area (Å²) in [5.41, 5.74) is 1.04. The summed E-state index contributed by atoms with van der Waals surface area (Å²) >= 11 is 3.39. The van der Waals surface area contributed by atoms with Gasteiger partial charge in [-0.25, -0.2) is 4.39 Å². The molecule has 0 bridgehead atoms. The zero-order valence-electron chi connectivity index (χ0n) is 8.93. The molecule has 0 atom stereocenters. The Labute approximate surface area is 98.8 Å². The number of aryl methyl sites for hydroxylation is 1. The predicted octanol–water partition coefficient (Wildman–Crippen LogP) is 3.94. The third kappa shape index (κ3) is 4.20. The Morgan fingerprint density at radius 3 is 2.67 bits per heavy atom. The third-order valence-corrected chi connectivity index (χ3v) is 2.88. The van der Waals surface area contributed by atoms with E-state index in [0.29, 0.717) is 5.75 Å². The molecular weight excluding hydrogens is 259 g/mol. The molecule has 1 aromatic rings. The number of hydrogen-bond acceptors (Lipinski definition) is 1. The molecule has 0 saturated carbocycles. The minimum absolute atomic E-state index is 0.268. The zero-order valence-corrected chi connectivity index (χ0v) is 10.5. The Morgan fingerprint density at radius 1 is 1.27 bits per heavy atom. The van der Waals surface area contributed by atoms with Crippen molar-refractivity contribution in [3.63, 3.8) is 0 Å². The van der Waals surface area contributed by atoms with E-state index in [0.717, 1.165) is 23.7 Å². The van der Waals surface area contributed by atoms with Gasteiger partial charge in [0.05, 0.1) is 7.11 Å². The van der Waals surface area contributed by atoms with Crippen LogP contribution in [0.3, 0.4) is 0 Å². The van der Waals surface area contributed by atoms with Crippen LogP contribution in [0.5, 0.6) is 5.75 Å². The summed E-state index contributed by atoms with van der Waals surface area (Å²) in [6, 6.07) is 5.18. The molecule has 0 N–H and O–H groups in total. The second kappa shape index (κ2) is 6.83. The minimum atomic E-state index is -0.268. The maximum Gasteiger partial charge on any atom is 0.165 e. The van der Waals surface area contributed by atoms with Gasteiger partial charge in [0, 0.05) is 5.33 Å². The van der Waals surface area contributed by atoms with Crippen molar-refractivity contribution in [3.05, 3.63) is 29.6 Å². The lowest BCUT2D eigenvalue weighted by molar-refractivity contribution is 0.386. The van der Waals surface area contributed by atoms with E-state index in [-0.39, 0.29) is 5.82 Å². The fourth-order valence-corrected chi connectivity index (χ4v) is 1.86. The first-order valence-electron chi connectivity index (χ1n) is 5.16. The van der Waals surface area contributed by atoms with Crippen molar-refractivity contribution >= 4 is 15.9 Å². The molecule has 0 aliphatic rings. The Kier molecular flexibility index (Phi) is 5.69. The molecule has 0 aromatic heterocycles. The summed E-state index contributed by atoms with van der Waals surface area (Å²) < 4.78 is 18.2. The molecule has 1 nitrogen and oxygen atoms in total. The van der Waals surface area contributed by atoms with E-state index in [2.05, 4.69) is 15.9 Å². The Bertz CT molecular complexity index is 302. The Hall–Kier alpha value is -0.570. The lowest BCUT2D eigenvalue weighted by Gasteiger charge is -2.04. The van der Waals surface area contributed by atoms with Crippen LogP contribution in [-0.2, 0) is 6.42 Å². The van der Waals surface area contributed by atoms with Crippen molar-refractivity contribution < 1.29 is 9.13 Å². The van der Waals surface area contributed by atoms with E-state index < -0.39 is 0 Å². The van der Waals surface area contributed by atoms with E-state index in [9.17, 15) is 4.39 Å². The van der Waals surface area contributed by atoms with E-state index in [1.165, 1.54) is 20.0 Å². The lowest BCUT2D eigenvalue weighted by atomic mass is 10.1. The summed E-state index contributed by atoms with van der Waals surface area (Å²) in [6.45, 7) is 0. The molecule has 0 amide bonds. The molecule has 1 aromatic carbocycles. The van der Waals surface area contributed by atoms with Gasteiger partial charge in [-0.2, -0.15) is 0 Å². The molecule has 3 heteroatoms. The molecule has 0 saturated heterocycles. The van der Waals surface area contributed by atoms with E-state index in [1.807, 2.05) is 6.07 Å². The van der Waals surface area contributed by atoms with Gasteiger partial charge in [0.1, 0.15) is 0 Å². The van der Waals surface area contributed by atoms with E-state index >= 15 is 0 Å². The highest BCUT2D eigenvalue weighted by molar-refractivity contribution is 9.09. The molecule has 0 heterocycles. The summed E-state index contributed by atoms with van der Waals surface area (Å²) in [7, 11) is 1.48. The molecule has 0 radical (unpaired) electrons. The van der Waals surface area contributed by atoms with Gasteiger partial charge in [0.25, 0.3) is 0 Å². The maximum atomic E-state index is 13.3. The molecule has 15 heavy (non-hydrogen) atoms. The second-order valence-corrected chi connectivity index (χ2v) is 4.26. The average Bonchev–Trinajstić information content (AvgIpc) is 2.25. The average molecular weight is 275 g/mol. The van der Waals surface area contributed by atoms with Crippen LogP contribution in [0, 0.1) is 5.82 Å². The number of methoxy groups -OCH3 is 1. The van der Waals surface area contributed by atoms with Crippen molar-refractivity contribution in [3.8, 4) is 5.75 Å². The van der Waals surface area contributed by atoms with Crippen molar-refractivity contribution in [2.24, 2.45) is 0 Å². The van der Waals surface area contributed by atoms with Gasteiger partial charge >= 0.3 is 0 Å². The molecular formula is C12H16BrFO. The van der Waals surface area contributed by atoms with Crippen LogP contribution >= 0.6 is 15.9 Å². The number of alkyl halides is 1. The summed E-state index contributed by atoms with van der Waals surface area (Å²) in [4.78, 5) is 0. The number of rotatable bonds is 6. The molecule has 0 unspecified atom stereocenters. The van der Waals surface area contributed by atoms with Gasteiger partial charge in [-0.3, -0.25) is 0 Å². The SMILES string of the molecule is COc1ccc(CCCCCBr)cc1F. The largest absolute Gasteiger partial charge is 0.494 e. The Morgan fingerprint density at radius 2 is 2.07 bits per heavy atom. The third-order valence-electron chi connectivity index (χ3n) is 2.32. The molecule has 84 valence electrons. The number of ether oxygens (including phenoxy) is 1. The fourth-order valence-electron chi connectivity index (χ4n) is 1.47. The van der Waals surface area contributed by atoms with Gasteiger partial charge in [0.15, 0.2) is 11.6 Å². The van der Waals surface area contributed by atoms with Crippen LogP contribution < -0.4 is 4.74 Å². The number of hydrogen-bond donors (Lipinski definition) is 0. The summed E-state index contributed by atoms with van der Waals surface area (Å²) in [6.07, 6.45) is 4.41. The highest BCUT2D eigenvalue weighted by atomic mass is 79.9. The topological polar surface area (TPSA) is 9.23 Å². The van der Waals surface area contributed by atoms with Gasteiger partial charge in [-0.05, 0) is 37.0 Å². The monoisotopic (exact) mass is 274 g/mol. The quantitative estimate of drug-likeness (QED) is 0.564.